The Bertz CT molecular complexity index is 821. The van der Waals surface area contributed by atoms with Crippen LogP contribution in [0.2, 0.25) is 2.82 Å². The molecule has 0 rings (SSSR count). The molecule has 0 aliphatic carbocycles. The Kier molecular flexibility index (Phi) is 21.9. The van der Waals surface area contributed by atoms with Gasteiger partial charge in [0.2, 0.25) is 0 Å². The quantitative estimate of drug-likeness (QED) is 0.0539. The Hall–Kier alpha value is -0.710. The molecule has 0 aromatic heterocycles. The van der Waals surface area contributed by atoms with Crippen LogP contribution < -0.4 is 5.72 Å². The van der Waals surface area contributed by atoms with Crippen molar-refractivity contribution in [2.24, 2.45) is 5.72 Å². The van der Waals surface area contributed by atoms with Crippen LogP contribution >= 0.6 is 0 Å². The average molecular weight is 573 g/mol. The van der Waals surface area contributed by atoms with E-state index in [1.54, 1.807) is 0 Å². The van der Waals surface area contributed by atoms with Crippen LogP contribution in [0.1, 0.15) is 200 Å². The second kappa shape index (κ2) is 31.2. The van der Waals surface area contributed by atoms with Crippen molar-refractivity contribution in [1.82, 2.24) is 0 Å². The van der Waals surface area contributed by atoms with Crippen LogP contribution in [0.15, 0.2) is 11.6 Å². The molecule has 0 fully saturated rings. The zero-order chi connectivity index (χ0) is 35.6. The summed E-state index contributed by atoms with van der Waals surface area (Å²) < 4.78 is 55.2. The Labute approximate surface area is 260 Å². The highest BCUT2D eigenvalue weighted by Gasteiger charge is 2.16. The number of unbranched alkanes of at least 4 members (excludes halogenated alkanes) is 24. The first-order chi connectivity index (χ1) is 22.3. The van der Waals surface area contributed by atoms with E-state index in [0.29, 0.717) is 12.8 Å². The van der Waals surface area contributed by atoms with Gasteiger partial charge >= 0.3 is 0 Å². The standard InChI is InChI=1S/C36H71NO3/c1-3-5-7-9-11-13-15-16-17-18-20-22-24-26-28-30-35(39)33(31-36(40)34(37)32-38)29-27-25-23-21-19-14-12-10-8-6-4-2/h31,34,36,38,40H,3-30,32,37H2,1-2H3/b33-31-/t34-,36+/m0/s1/i31D,32D2,34D,36D/hD2. The van der Waals surface area contributed by atoms with Gasteiger partial charge in [0.25, 0.3) is 0 Å². The van der Waals surface area contributed by atoms with Gasteiger partial charge in [-0.25, -0.2) is 0 Å². The number of Topliss-reactive ketones (excluding diaryl/α,β-unsaturated/α-hetero) is 1. The van der Waals surface area contributed by atoms with Crippen LogP contribution in [0, 0.1) is 0 Å². The second-order valence-electron chi connectivity index (χ2n) is 11.8. The summed E-state index contributed by atoms with van der Waals surface area (Å²) in [6, 6.07) is -4.60. The zero-order valence-corrected chi connectivity index (χ0v) is 26.5. The molecular weight excluding hydrogens is 494 g/mol. The fourth-order valence-corrected chi connectivity index (χ4v) is 5.30. The smallest absolute Gasteiger partial charge is 0.158 e. The first-order valence-corrected chi connectivity index (χ1v) is 17.2. The van der Waals surface area contributed by atoms with Gasteiger partial charge in [0.05, 0.1) is 25.5 Å². The molecule has 238 valence electrons. The van der Waals surface area contributed by atoms with Crippen molar-refractivity contribution in [3.05, 3.63) is 11.6 Å². The van der Waals surface area contributed by atoms with Gasteiger partial charge in [-0.15, -0.1) is 0 Å². The van der Waals surface area contributed by atoms with Crippen molar-refractivity contribution in [2.45, 2.75) is 206 Å². The van der Waals surface area contributed by atoms with Crippen LogP contribution in [0.3, 0.4) is 0 Å². The molecular formula is C36H71NO3. The van der Waals surface area contributed by atoms with E-state index >= 15 is 0 Å². The van der Waals surface area contributed by atoms with E-state index in [1.165, 1.54) is 109 Å². The van der Waals surface area contributed by atoms with E-state index in [9.17, 15) is 15.0 Å². The van der Waals surface area contributed by atoms with Gasteiger partial charge in [0, 0.05) is 6.42 Å². The summed E-state index contributed by atoms with van der Waals surface area (Å²) in [4.78, 5) is 13.3. The Morgan fingerprint density at radius 1 is 0.675 bits per heavy atom. The number of nitrogens with two attached hydrogens (primary N) is 1. The molecule has 0 unspecified atom stereocenters. The molecule has 4 nitrogen and oxygen atoms in total. The van der Waals surface area contributed by atoms with E-state index in [0.717, 1.165) is 44.9 Å². The predicted molar refractivity (Wildman–Crippen MR) is 175 cm³/mol. The molecule has 2 atom stereocenters. The minimum Gasteiger partial charge on any atom is -0.395 e. The van der Waals surface area contributed by atoms with Crippen molar-refractivity contribution in [3.8, 4) is 0 Å². The van der Waals surface area contributed by atoms with Crippen molar-refractivity contribution in [1.29, 1.82) is 0 Å². The molecule has 0 bridgehead atoms. The molecule has 0 aliphatic heterocycles. The summed E-state index contributed by atoms with van der Waals surface area (Å²) in [5.74, 6) is -0.440. The number of ketones is 1. The SMILES string of the molecule is [2H]/C(=C(\CCCCCCCCCCCCC)C(=O)CCCCCCCCCCCCCCCCC)[C@@]([2H])(O)[C@@]([2H])(N([2H])[2H])C([2H])([2H])O. The summed E-state index contributed by atoms with van der Waals surface area (Å²) in [5.41, 5.74) is -0.778. The Morgan fingerprint density at radius 3 is 1.32 bits per heavy atom. The summed E-state index contributed by atoms with van der Waals surface area (Å²) >= 11 is 0. The molecule has 0 aromatic carbocycles. The number of aliphatic hydroxyl groups is 2. The lowest BCUT2D eigenvalue weighted by Crippen LogP contribution is -2.37. The molecule has 4 N–H and O–H groups in total. The third-order valence-electron chi connectivity index (χ3n) is 7.97. The third kappa shape index (κ3) is 26.2. The summed E-state index contributed by atoms with van der Waals surface area (Å²) in [6.45, 7) is 0.752. The van der Waals surface area contributed by atoms with E-state index in [4.69, 9.17) is 9.68 Å². The lowest BCUT2D eigenvalue weighted by Gasteiger charge is -2.15. The van der Waals surface area contributed by atoms with E-state index in [2.05, 4.69) is 13.8 Å². The zero-order valence-electron chi connectivity index (χ0n) is 33.5. The van der Waals surface area contributed by atoms with E-state index in [-0.39, 0.29) is 18.4 Å². The van der Waals surface area contributed by atoms with E-state index < -0.39 is 36.2 Å². The molecule has 4 heteroatoms. The number of allylic oxidation sites excluding steroid dienone is 1. The maximum absolute atomic E-state index is 13.3. The average Bonchev–Trinajstić information content (AvgIpc) is 3.01. The highest BCUT2D eigenvalue weighted by atomic mass is 16.3. The molecule has 0 saturated heterocycles. The van der Waals surface area contributed by atoms with Gasteiger partial charge in [-0.2, -0.15) is 0 Å². The summed E-state index contributed by atoms with van der Waals surface area (Å²) in [5, 5.41) is 20.8. The molecule has 0 amide bonds. The number of hydrogen-bond acceptors (Lipinski definition) is 4. The van der Waals surface area contributed by atoms with Crippen molar-refractivity contribution >= 4 is 5.78 Å². The normalized spacial score (nSPS) is 18.4. The maximum Gasteiger partial charge on any atom is 0.158 e. The highest BCUT2D eigenvalue weighted by Crippen LogP contribution is 2.19. The van der Waals surface area contributed by atoms with Gasteiger partial charge in [0.15, 0.2) is 5.78 Å². The highest BCUT2D eigenvalue weighted by molar-refractivity contribution is 5.95. The molecule has 40 heavy (non-hydrogen) atoms. The van der Waals surface area contributed by atoms with Crippen LogP contribution in [0.25, 0.3) is 0 Å². The maximum atomic E-state index is 13.3. The van der Waals surface area contributed by atoms with Gasteiger partial charge in [-0.3, -0.25) is 4.79 Å². The van der Waals surface area contributed by atoms with Crippen molar-refractivity contribution in [2.75, 3.05) is 6.56 Å². The van der Waals surface area contributed by atoms with Crippen LogP contribution in [0.5, 0.6) is 0 Å². The third-order valence-corrected chi connectivity index (χ3v) is 7.97. The van der Waals surface area contributed by atoms with Gasteiger partial charge < -0.3 is 15.9 Å². The lowest BCUT2D eigenvalue weighted by atomic mass is 9.95. The monoisotopic (exact) mass is 573 g/mol. The van der Waals surface area contributed by atoms with Gasteiger partial charge in [-0.05, 0) is 30.9 Å². The molecule has 0 aliphatic rings. The van der Waals surface area contributed by atoms with Crippen LogP contribution in [-0.4, -0.2) is 34.7 Å². The van der Waals surface area contributed by atoms with Crippen molar-refractivity contribution in [3.63, 3.8) is 0 Å². The van der Waals surface area contributed by atoms with E-state index in [1.807, 2.05) is 0 Å². The fraction of sp³-hybridized carbons (Fsp3) is 0.917. The fourth-order valence-electron chi connectivity index (χ4n) is 5.30. The number of carbonyl (C=O) groups excluding carboxylic acids is 1. The van der Waals surface area contributed by atoms with Crippen LogP contribution in [-0.2, 0) is 4.79 Å². The number of carbonyl (C=O) groups is 1. The number of hydrogen-bond donors (Lipinski definition) is 3. The molecule has 0 aromatic rings. The minimum atomic E-state index is -3.70. The first-order valence-electron chi connectivity index (χ1n) is 20.6. The lowest BCUT2D eigenvalue weighted by molar-refractivity contribution is -0.115. The van der Waals surface area contributed by atoms with Gasteiger partial charge in [-0.1, -0.05) is 168 Å². The topological polar surface area (TPSA) is 83.5 Å². The summed E-state index contributed by atoms with van der Waals surface area (Å²) in [7, 11) is 0. The molecule has 0 radical (unpaired) electrons. The summed E-state index contributed by atoms with van der Waals surface area (Å²) in [6.07, 6.45) is 26.4. The Morgan fingerprint density at radius 2 is 1.00 bits per heavy atom. The minimum absolute atomic E-state index is 0.0785. The Balaban J connectivity index is 4.92. The first kappa shape index (κ1) is 28.1. The van der Waals surface area contributed by atoms with Crippen LogP contribution in [0.4, 0.5) is 0 Å². The molecule has 0 saturated carbocycles. The van der Waals surface area contributed by atoms with Gasteiger partial charge in [0.1, 0.15) is 2.82 Å². The molecule has 0 spiro atoms. The molecule has 0 heterocycles. The number of rotatable bonds is 33. The second-order valence-corrected chi connectivity index (χ2v) is 11.8. The largest absolute Gasteiger partial charge is 0.395 e. The predicted octanol–water partition coefficient (Wildman–Crippen LogP) is 10.1. The van der Waals surface area contributed by atoms with Crippen molar-refractivity contribution < 1.29 is 24.7 Å².